The molecule has 0 bridgehead atoms. The minimum atomic E-state index is -0.418. The van der Waals surface area contributed by atoms with E-state index >= 15 is 0 Å². The third kappa shape index (κ3) is 4.10. The van der Waals surface area contributed by atoms with Gasteiger partial charge in [0.25, 0.3) is 5.91 Å². The summed E-state index contributed by atoms with van der Waals surface area (Å²) in [5, 5.41) is 2.87. The SMILES string of the molecule is CCC(Oc1ccccc1C)C(=O)NC(C)C. The summed E-state index contributed by atoms with van der Waals surface area (Å²) in [6, 6.07) is 7.87. The first-order chi connectivity index (χ1) is 8.04. The molecule has 3 nitrogen and oxygen atoms in total. The molecule has 0 aliphatic rings. The lowest BCUT2D eigenvalue weighted by Gasteiger charge is -2.19. The normalized spacial score (nSPS) is 12.3. The van der Waals surface area contributed by atoms with E-state index < -0.39 is 6.10 Å². The molecule has 0 saturated carbocycles. The molecule has 1 unspecified atom stereocenters. The van der Waals surface area contributed by atoms with Gasteiger partial charge in [-0.2, -0.15) is 0 Å². The molecule has 1 N–H and O–H groups in total. The van der Waals surface area contributed by atoms with E-state index in [1.807, 2.05) is 52.0 Å². The van der Waals surface area contributed by atoms with E-state index in [4.69, 9.17) is 4.74 Å². The molecule has 0 aliphatic heterocycles. The molecule has 17 heavy (non-hydrogen) atoms. The largest absolute Gasteiger partial charge is 0.480 e. The molecule has 0 fully saturated rings. The monoisotopic (exact) mass is 235 g/mol. The summed E-state index contributed by atoms with van der Waals surface area (Å²) in [6.07, 6.45) is 0.242. The van der Waals surface area contributed by atoms with Crippen LogP contribution in [0.15, 0.2) is 24.3 Å². The number of nitrogens with one attached hydrogen (secondary N) is 1. The summed E-state index contributed by atoms with van der Waals surface area (Å²) < 4.78 is 5.75. The number of benzene rings is 1. The zero-order valence-corrected chi connectivity index (χ0v) is 11.0. The number of amides is 1. The second-order valence-electron chi connectivity index (χ2n) is 4.44. The Balaban J connectivity index is 2.70. The van der Waals surface area contributed by atoms with E-state index in [1.165, 1.54) is 0 Å². The standard InChI is InChI=1S/C14H21NO2/c1-5-12(14(16)15-10(2)3)17-13-9-7-6-8-11(13)4/h6-10,12H,5H2,1-4H3,(H,15,16). The lowest BCUT2D eigenvalue weighted by molar-refractivity contribution is -0.128. The van der Waals surface area contributed by atoms with Gasteiger partial charge in [-0.3, -0.25) is 4.79 Å². The Morgan fingerprint density at radius 1 is 1.35 bits per heavy atom. The predicted molar refractivity (Wildman–Crippen MR) is 69.2 cm³/mol. The summed E-state index contributed by atoms with van der Waals surface area (Å²) >= 11 is 0. The van der Waals surface area contributed by atoms with Crippen LogP contribution in [0, 0.1) is 6.92 Å². The van der Waals surface area contributed by atoms with Gasteiger partial charge in [0.2, 0.25) is 0 Å². The van der Waals surface area contributed by atoms with Crippen molar-refractivity contribution in [2.45, 2.75) is 46.3 Å². The third-order valence-corrected chi connectivity index (χ3v) is 2.46. The van der Waals surface area contributed by atoms with Gasteiger partial charge in [-0.15, -0.1) is 0 Å². The molecular weight excluding hydrogens is 214 g/mol. The first-order valence-corrected chi connectivity index (χ1v) is 6.07. The van der Waals surface area contributed by atoms with Gasteiger partial charge in [0, 0.05) is 6.04 Å². The Labute approximate surface area is 103 Å². The van der Waals surface area contributed by atoms with Gasteiger partial charge in [-0.25, -0.2) is 0 Å². The number of para-hydroxylation sites is 1. The zero-order chi connectivity index (χ0) is 12.8. The number of hydrogen-bond donors (Lipinski definition) is 1. The average molecular weight is 235 g/mol. The number of rotatable bonds is 5. The Morgan fingerprint density at radius 3 is 2.53 bits per heavy atom. The van der Waals surface area contributed by atoms with Crippen molar-refractivity contribution >= 4 is 5.91 Å². The molecule has 1 aromatic carbocycles. The molecule has 1 atom stereocenters. The molecule has 0 aromatic heterocycles. The van der Waals surface area contributed by atoms with Gasteiger partial charge in [-0.1, -0.05) is 25.1 Å². The number of ether oxygens (including phenoxy) is 1. The van der Waals surface area contributed by atoms with Gasteiger partial charge in [0.05, 0.1) is 0 Å². The van der Waals surface area contributed by atoms with Crippen molar-refractivity contribution in [3.8, 4) is 5.75 Å². The van der Waals surface area contributed by atoms with Crippen LogP contribution >= 0.6 is 0 Å². The van der Waals surface area contributed by atoms with E-state index in [-0.39, 0.29) is 11.9 Å². The molecule has 1 amide bonds. The zero-order valence-electron chi connectivity index (χ0n) is 11.0. The van der Waals surface area contributed by atoms with Crippen molar-refractivity contribution in [1.82, 2.24) is 5.32 Å². The average Bonchev–Trinajstić information content (AvgIpc) is 2.27. The second kappa shape index (κ2) is 6.28. The topological polar surface area (TPSA) is 38.3 Å². The van der Waals surface area contributed by atoms with Crippen LogP contribution in [0.5, 0.6) is 5.75 Å². The fraction of sp³-hybridized carbons (Fsp3) is 0.500. The third-order valence-electron chi connectivity index (χ3n) is 2.46. The van der Waals surface area contributed by atoms with E-state index in [2.05, 4.69) is 5.32 Å². The molecule has 94 valence electrons. The fourth-order valence-electron chi connectivity index (χ4n) is 1.54. The van der Waals surface area contributed by atoms with E-state index in [0.717, 1.165) is 11.3 Å². The highest BCUT2D eigenvalue weighted by atomic mass is 16.5. The van der Waals surface area contributed by atoms with Crippen molar-refractivity contribution in [3.05, 3.63) is 29.8 Å². The summed E-state index contributed by atoms with van der Waals surface area (Å²) in [4.78, 5) is 11.9. The Morgan fingerprint density at radius 2 is 2.00 bits per heavy atom. The number of carbonyl (C=O) groups is 1. The highest BCUT2D eigenvalue weighted by Gasteiger charge is 2.19. The van der Waals surface area contributed by atoms with Crippen LogP contribution in [0.2, 0.25) is 0 Å². The lowest BCUT2D eigenvalue weighted by Crippen LogP contribution is -2.41. The summed E-state index contributed by atoms with van der Waals surface area (Å²) in [5.74, 6) is 0.726. The summed E-state index contributed by atoms with van der Waals surface area (Å²) in [5.41, 5.74) is 1.04. The fourth-order valence-corrected chi connectivity index (χ4v) is 1.54. The quantitative estimate of drug-likeness (QED) is 0.852. The van der Waals surface area contributed by atoms with E-state index in [1.54, 1.807) is 0 Å². The first-order valence-electron chi connectivity index (χ1n) is 6.07. The van der Waals surface area contributed by atoms with Crippen LogP contribution < -0.4 is 10.1 Å². The second-order valence-corrected chi connectivity index (χ2v) is 4.44. The molecular formula is C14H21NO2. The number of aryl methyl sites for hydroxylation is 1. The van der Waals surface area contributed by atoms with Gasteiger partial charge < -0.3 is 10.1 Å². The van der Waals surface area contributed by atoms with Crippen LogP contribution in [0.4, 0.5) is 0 Å². The predicted octanol–water partition coefficient (Wildman–Crippen LogP) is 2.68. The maximum atomic E-state index is 11.9. The first kappa shape index (κ1) is 13.6. The van der Waals surface area contributed by atoms with Crippen molar-refractivity contribution in [2.24, 2.45) is 0 Å². The number of carbonyl (C=O) groups excluding carboxylic acids is 1. The highest BCUT2D eigenvalue weighted by molar-refractivity contribution is 5.81. The maximum absolute atomic E-state index is 11.9. The molecule has 0 heterocycles. The van der Waals surface area contributed by atoms with Crippen LogP contribution in [0.1, 0.15) is 32.8 Å². The molecule has 0 radical (unpaired) electrons. The summed E-state index contributed by atoms with van der Waals surface area (Å²) in [6.45, 7) is 7.81. The van der Waals surface area contributed by atoms with E-state index in [0.29, 0.717) is 6.42 Å². The van der Waals surface area contributed by atoms with Gasteiger partial charge in [0.15, 0.2) is 6.10 Å². The minimum Gasteiger partial charge on any atom is -0.480 e. The Hall–Kier alpha value is -1.51. The van der Waals surface area contributed by atoms with Crippen molar-refractivity contribution < 1.29 is 9.53 Å². The number of hydrogen-bond acceptors (Lipinski definition) is 2. The van der Waals surface area contributed by atoms with Crippen molar-refractivity contribution in [3.63, 3.8) is 0 Å². The molecule has 3 heteroatoms. The van der Waals surface area contributed by atoms with Gasteiger partial charge in [0.1, 0.15) is 5.75 Å². The smallest absolute Gasteiger partial charge is 0.261 e. The highest BCUT2D eigenvalue weighted by Crippen LogP contribution is 2.18. The molecule has 0 saturated heterocycles. The van der Waals surface area contributed by atoms with Crippen LogP contribution in [-0.4, -0.2) is 18.1 Å². The van der Waals surface area contributed by atoms with Gasteiger partial charge >= 0.3 is 0 Å². The molecule has 0 aliphatic carbocycles. The molecule has 1 aromatic rings. The Bertz CT molecular complexity index is 374. The van der Waals surface area contributed by atoms with Crippen LogP contribution in [0.3, 0.4) is 0 Å². The van der Waals surface area contributed by atoms with Crippen molar-refractivity contribution in [2.75, 3.05) is 0 Å². The van der Waals surface area contributed by atoms with Gasteiger partial charge in [-0.05, 0) is 38.8 Å². The molecule has 1 rings (SSSR count). The maximum Gasteiger partial charge on any atom is 0.261 e. The summed E-state index contributed by atoms with van der Waals surface area (Å²) in [7, 11) is 0. The van der Waals surface area contributed by atoms with Crippen molar-refractivity contribution in [1.29, 1.82) is 0 Å². The lowest BCUT2D eigenvalue weighted by atomic mass is 10.2. The van der Waals surface area contributed by atoms with E-state index in [9.17, 15) is 4.79 Å². The Kier molecular flexibility index (Phi) is 5.01. The van der Waals surface area contributed by atoms with Crippen LogP contribution in [-0.2, 0) is 4.79 Å². The van der Waals surface area contributed by atoms with Crippen LogP contribution in [0.25, 0.3) is 0 Å². The molecule has 0 spiro atoms. The minimum absolute atomic E-state index is 0.0502.